The lowest BCUT2D eigenvalue weighted by Crippen LogP contribution is -2.36. The number of carbonyl (C=O) groups is 1. The molecule has 1 aromatic carbocycles. The van der Waals surface area contributed by atoms with E-state index < -0.39 is 22.0 Å². The fraction of sp³-hybridized carbons (Fsp3) is 0.222. The quantitative estimate of drug-likeness (QED) is 0.716. The molecule has 1 heterocycles. The first-order valence-electron chi connectivity index (χ1n) is 4.16. The number of nitrogens with one attached hydrogen (secondary N) is 1. The summed E-state index contributed by atoms with van der Waals surface area (Å²) in [6, 6.07) is 7.06. The molecule has 0 radical (unpaired) electrons. The molecule has 0 bridgehead atoms. The first-order chi connectivity index (χ1) is 6.70. The van der Waals surface area contributed by atoms with E-state index in [9.17, 15) is 9.00 Å². The van der Waals surface area contributed by atoms with Crippen LogP contribution in [0.5, 0.6) is 0 Å². The molecule has 0 saturated carbocycles. The molecule has 2 N–H and O–H groups in total. The topological polar surface area (TPSA) is 66.4 Å². The number of aliphatic carboxylic acids is 1. The minimum absolute atomic E-state index is 0.221. The molecule has 74 valence electrons. The van der Waals surface area contributed by atoms with Crippen LogP contribution in [-0.4, -0.2) is 27.1 Å². The van der Waals surface area contributed by atoms with Crippen LogP contribution in [-0.2, 0) is 15.6 Å². The molecule has 14 heavy (non-hydrogen) atoms. The van der Waals surface area contributed by atoms with Crippen molar-refractivity contribution in [3.8, 4) is 0 Å². The van der Waals surface area contributed by atoms with Crippen LogP contribution in [0.25, 0.3) is 0 Å². The minimum Gasteiger partial charge on any atom is -0.480 e. The summed E-state index contributed by atoms with van der Waals surface area (Å²) in [5.41, 5.74) is 0.767. The normalized spacial score (nSPS) is 24.9. The number of anilines is 1. The van der Waals surface area contributed by atoms with Gasteiger partial charge in [-0.2, -0.15) is 0 Å². The summed E-state index contributed by atoms with van der Waals surface area (Å²) < 4.78 is 11.7. The Kier molecular flexibility index (Phi) is 2.25. The van der Waals surface area contributed by atoms with Crippen LogP contribution < -0.4 is 5.32 Å². The zero-order chi connectivity index (χ0) is 10.1. The third kappa shape index (κ3) is 1.39. The van der Waals surface area contributed by atoms with Crippen molar-refractivity contribution in [3.63, 3.8) is 0 Å². The van der Waals surface area contributed by atoms with E-state index in [1.807, 2.05) is 6.07 Å². The largest absolute Gasteiger partial charge is 0.480 e. The smallest absolute Gasteiger partial charge is 0.321 e. The van der Waals surface area contributed by atoms with Crippen molar-refractivity contribution in [1.82, 2.24) is 0 Å². The van der Waals surface area contributed by atoms with Crippen molar-refractivity contribution < 1.29 is 14.1 Å². The van der Waals surface area contributed by atoms with Gasteiger partial charge in [0.05, 0.1) is 21.4 Å². The highest BCUT2D eigenvalue weighted by atomic mass is 32.2. The molecule has 0 amide bonds. The summed E-state index contributed by atoms with van der Waals surface area (Å²) in [5, 5.41) is 10.9. The Morgan fingerprint density at radius 1 is 1.50 bits per heavy atom. The first-order valence-corrected chi connectivity index (χ1v) is 5.38. The summed E-state index contributed by atoms with van der Waals surface area (Å²) in [4.78, 5) is 11.3. The number of benzene rings is 1. The maximum absolute atomic E-state index is 11.7. The first kappa shape index (κ1) is 9.21. The van der Waals surface area contributed by atoms with Crippen LogP contribution >= 0.6 is 0 Å². The van der Waals surface area contributed by atoms with E-state index >= 15 is 0 Å². The van der Waals surface area contributed by atoms with Crippen molar-refractivity contribution in [2.45, 2.75) is 10.1 Å². The van der Waals surface area contributed by atoms with Crippen LogP contribution in [0.4, 0.5) is 5.69 Å². The highest BCUT2D eigenvalue weighted by Crippen LogP contribution is 2.25. The molecule has 2 rings (SSSR count). The summed E-state index contributed by atoms with van der Waals surface area (Å²) in [7, 11) is -1.45. The van der Waals surface area contributed by atoms with Gasteiger partial charge in [-0.15, -0.1) is 0 Å². The maximum Gasteiger partial charge on any atom is 0.321 e. The predicted octanol–water partition coefficient (Wildman–Crippen LogP) is 0.673. The van der Waals surface area contributed by atoms with E-state index in [-0.39, 0.29) is 6.54 Å². The lowest BCUT2D eigenvalue weighted by atomic mass is 10.3. The number of hydrogen-bond acceptors (Lipinski definition) is 3. The Balaban J connectivity index is 2.41. The molecule has 0 fully saturated rings. The van der Waals surface area contributed by atoms with Crippen LogP contribution in [0.1, 0.15) is 0 Å². The standard InChI is InChI=1S/C9H9NO3S/c11-9(12)8-5-10-6-3-1-2-4-7(6)14(8)13/h1-4,8,10H,5H2,(H,11,12)/t8-,14-/m1/s1. The molecule has 0 aromatic heterocycles. The molecular weight excluding hydrogens is 202 g/mol. The van der Waals surface area contributed by atoms with E-state index in [0.29, 0.717) is 4.90 Å². The average molecular weight is 211 g/mol. The SMILES string of the molecule is O=C(O)[C@H]1CNc2ccccc2[S@]1=O. The van der Waals surface area contributed by atoms with Crippen LogP contribution in [0.15, 0.2) is 29.2 Å². The predicted molar refractivity (Wildman–Crippen MR) is 52.8 cm³/mol. The molecule has 1 aliphatic heterocycles. The Morgan fingerprint density at radius 2 is 2.21 bits per heavy atom. The molecular formula is C9H9NO3S. The molecule has 1 aliphatic rings. The number of para-hydroxylation sites is 1. The van der Waals surface area contributed by atoms with Crippen LogP contribution in [0.2, 0.25) is 0 Å². The van der Waals surface area contributed by atoms with Gasteiger partial charge in [-0.3, -0.25) is 9.00 Å². The fourth-order valence-electron chi connectivity index (χ4n) is 1.40. The summed E-state index contributed by atoms with van der Waals surface area (Å²) in [5.74, 6) is -1.02. The Hall–Kier alpha value is -1.36. The van der Waals surface area contributed by atoms with Crippen molar-refractivity contribution in [1.29, 1.82) is 0 Å². The Labute approximate surface area is 83.4 Å². The van der Waals surface area contributed by atoms with Gasteiger partial charge >= 0.3 is 5.97 Å². The molecule has 0 aliphatic carbocycles. The third-order valence-corrected chi connectivity index (χ3v) is 3.79. The van der Waals surface area contributed by atoms with E-state index in [2.05, 4.69) is 5.32 Å². The van der Waals surface area contributed by atoms with Gasteiger partial charge in [0.25, 0.3) is 0 Å². The number of carboxylic acid groups (broad SMARTS) is 1. The van der Waals surface area contributed by atoms with E-state index in [1.165, 1.54) is 0 Å². The van der Waals surface area contributed by atoms with Crippen molar-refractivity contribution in [3.05, 3.63) is 24.3 Å². The monoisotopic (exact) mass is 211 g/mol. The highest BCUT2D eigenvalue weighted by Gasteiger charge is 2.30. The van der Waals surface area contributed by atoms with E-state index in [0.717, 1.165) is 5.69 Å². The zero-order valence-electron chi connectivity index (χ0n) is 7.27. The van der Waals surface area contributed by atoms with Gasteiger partial charge in [0, 0.05) is 6.54 Å². The molecule has 1 aromatic rings. The molecule has 4 nitrogen and oxygen atoms in total. The summed E-state index contributed by atoms with van der Waals surface area (Å²) in [6.45, 7) is 0.221. The van der Waals surface area contributed by atoms with Gasteiger partial charge in [-0.05, 0) is 12.1 Å². The number of fused-ring (bicyclic) bond motifs is 1. The van der Waals surface area contributed by atoms with E-state index in [4.69, 9.17) is 5.11 Å². The van der Waals surface area contributed by atoms with Crippen molar-refractivity contribution in [2.24, 2.45) is 0 Å². The molecule has 0 saturated heterocycles. The van der Waals surface area contributed by atoms with E-state index in [1.54, 1.807) is 18.2 Å². The average Bonchev–Trinajstić information content (AvgIpc) is 2.18. The molecule has 5 heteroatoms. The highest BCUT2D eigenvalue weighted by molar-refractivity contribution is 7.86. The second kappa shape index (κ2) is 3.42. The number of carboxylic acids is 1. The van der Waals surface area contributed by atoms with Gasteiger partial charge in [0.1, 0.15) is 0 Å². The van der Waals surface area contributed by atoms with Gasteiger partial charge in [-0.1, -0.05) is 12.1 Å². The second-order valence-corrected chi connectivity index (χ2v) is 4.61. The zero-order valence-corrected chi connectivity index (χ0v) is 8.08. The van der Waals surface area contributed by atoms with Crippen molar-refractivity contribution in [2.75, 3.05) is 11.9 Å². The third-order valence-electron chi connectivity index (χ3n) is 2.12. The van der Waals surface area contributed by atoms with Gasteiger partial charge in [0.2, 0.25) is 0 Å². The van der Waals surface area contributed by atoms with Gasteiger partial charge < -0.3 is 10.4 Å². The number of rotatable bonds is 1. The van der Waals surface area contributed by atoms with Gasteiger partial charge in [0.15, 0.2) is 5.25 Å². The maximum atomic E-state index is 11.7. The Morgan fingerprint density at radius 3 is 2.93 bits per heavy atom. The van der Waals surface area contributed by atoms with Crippen molar-refractivity contribution >= 4 is 22.5 Å². The summed E-state index contributed by atoms with van der Waals surface area (Å²) >= 11 is 0. The number of hydrogen-bond donors (Lipinski definition) is 2. The molecule has 0 unspecified atom stereocenters. The van der Waals surface area contributed by atoms with Crippen LogP contribution in [0, 0.1) is 0 Å². The van der Waals surface area contributed by atoms with Crippen LogP contribution in [0.3, 0.4) is 0 Å². The summed E-state index contributed by atoms with van der Waals surface area (Å²) in [6.07, 6.45) is 0. The lowest BCUT2D eigenvalue weighted by Gasteiger charge is -2.22. The molecule has 0 spiro atoms. The second-order valence-electron chi connectivity index (χ2n) is 3.00. The molecule has 2 atom stereocenters. The lowest BCUT2D eigenvalue weighted by molar-refractivity contribution is -0.136. The van der Waals surface area contributed by atoms with Gasteiger partial charge in [-0.25, -0.2) is 0 Å². The Bertz CT molecular complexity index is 405. The fourth-order valence-corrected chi connectivity index (χ4v) is 2.69. The minimum atomic E-state index is -1.45.